The molecule has 23 heavy (non-hydrogen) atoms. The molecule has 0 aliphatic carbocycles. The van der Waals surface area contributed by atoms with Crippen LogP contribution in [-0.4, -0.2) is 47.9 Å². The van der Waals surface area contributed by atoms with Gasteiger partial charge in [0, 0.05) is 24.9 Å². The van der Waals surface area contributed by atoms with Crippen molar-refractivity contribution in [2.45, 2.75) is 26.7 Å². The Bertz CT molecular complexity index is 551. The maximum absolute atomic E-state index is 12.1. The summed E-state index contributed by atoms with van der Waals surface area (Å²) in [4.78, 5) is 36.4. The van der Waals surface area contributed by atoms with E-state index in [4.69, 9.17) is 9.84 Å². The molecule has 0 heterocycles. The first-order chi connectivity index (χ1) is 10.8. The number of carbonyl (C=O) groups excluding carboxylic acids is 2. The van der Waals surface area contributed by atoms with E-state index in [1.54, 1.807) is 31.4 Å². The lowest BCUT2D eigenvalue weighted by Crippen LogP contribution is -2.38. The van der Waals surface area contributed by atoms with Crippen molar-refractivity contribution in [3.05, 3.63) is 29.8 Å². The van der Waals surface area contributed by atoms with Gasteiger partial charge in [-0.3, -0.25) is 14.4 Å². The molecule has 1 aromatic carbocycles. The van der Waals surface area contributed by atoms with Crippen LogP contribution in [0.1, 0.15) is 37.0 Å². The number of methoxy groups -OCH3 is 1. The minimum absolute atomic E-state index is 0.00482. The summed E-state index contributed by atoms with van der Waals surface area (Å²) in [5.74, 6) is -0.706. The quantitative estimate of drug-likeness (QED) is 0.705. The van der Waals surface area contributed by atoms with Gasteiger partial charge in [0.25, 0.3) is 0 Å². The SMILES string of the molecule is COc1ccc(C(=O)CCC(=O)N(CC(=O)O)CC(C)C)cc1. The van der Waals surface area contributed by atoms with E-state index in [9.17, 15) is 14.4 Å². The molecule has 0 aromatic heterocycles. The van der Waals surface area contributed by atoms with Crippen molar-refractivity contribution in [2.75, 3.05) is 20.2 Å². The van der Waals surface area contributed by atoms with Gasteiger partial charge in [-0.1, -0.05) is 13.8 Å². The molecule has 0 atom stereocenters. The lowest BCUT2D eigenvalue weighted by molar-refractivity contribution is -0.144. The Labute approximate surface area is 136 Å². The second-order valence-electron chi connectivity index (χ2n) is 5.71. The molecule has 0 unspecified atom stereocenters. The van der Waals surface area contributed by atoms with Gasteiger partial charge in [-0.25, -0.2) is 0 Å². The van der Waals surface area contributed by atoms with Gasteiger partial charge in [0.2, 0.25) is 5.91 Å². The number of carboxylic acid groups (broad SMARTS) is 1. The molecule has 0 aliphatic heterocycles. The topological polar surface area (TPSA) is 83.9 Å². The van der Waals surface area contributed by atoms with E-state index in [2.05, 4.69) is 0 Å². The van der Waals surface area contributed by atoms with Crippen molar-refractivity contribution in [3.8, 4) is 5.75 Å². The van der Waals surface area contributed by atoms with Crippen molar-refractivity contribution in [1.82, 2.24) is 4.90 Å². The predicted octanol–water partition coefficient (Wildman–Crippen LogP) is 2.23. The minimum Gasteiger partial charge on any atom is -0.497 e. The van der Waals surface area contributed by atoms with Crippen LogP contribution in [0.3, 0.4) is 0 Å². The van der Waals surface area contributed by atoms with Gasteiger partial charge in [0.1, 0.15) is 12.3 Å². The molecule has 0 saturated heterocycles. The summed E-state index contributed by atoms with van der Waals surface area (Å²) in [5, 5.41) is 8.88. The number of ketones is 1. The lowest BCUT2D eigenvalue weighted by Gasteiger charge is -2.22. The Morgan fingerprint density at radius 3 is 2.22 bits per heavy atom. The molecular formula is C17H23NO5. The van der Waals surface area contributed by atoms with E-state index in [0.717, 1.165) is 0 Å². The van der Waals surface area contributed by atoms with Crippen molar-refractivity contribution < 1.29 is 24.2 Å². The Morgan fingerprint density at radius 1 is 1.13 bits per heavy atom. The van der Waals surface area contributed by atoms with Gasteiger partial charge in [0.15, 0.2) is 5.78 Å². The Balaban J connectivity index is 2.60. The van der Waals surface area contributed by atoms with E-state index < -0.39 is 5.97 Å². The van der Waals surface area contributed by atoms with Crippen LogP contribution in [0.4, 0.5) is 0 Å². The van der Waals surface area contributed by atoms with Gasteiger partial charge >= 0.3 is 5.97 Å². The normalized spacial score (nSPS) is 10.4. The molecule has 1 amide bonds. The summed E-state index contributed by atoms with van der Waals surface area (Å²) >= 11 is 0. The van der Waals surface area contributed by atoms with Crippen LogP contribution in [0.5, 0.6) is 5.75 Å². The molecule has 0 spiro atoms. The zero-order chi connectivity index (χ0) is 17.4. The fourth-order valence-corrected chi connectivity index (χ4v) is 2.16. The number of rotatable bonds is 9. The number of carboxylic acids is 1. The van der Waals surface area contributed by atoms with E-state index in [-0.39, 0.29) is 37.0 Å². The summed E-state index contributed by atoms with van der Waals surface area (Å²) in [6, 6.07) is 6.67. The number of hydrogen-bond acceptors (Lipinski definition) is 4. The number of Topliss-reactive ketones (excluding diaryl/α,β-unsaturated/α-hetero) is 1. The first-order valence-corrected chi connectivity index (χ1v) is 7.50. The first-order valence-electron chi connectivity index (χ1n) is 7.50. The van der Waals surface area contributed by atoms with E-state index in [1.165, 1.54) is 4.90 Å². The van der Waals surface area contributed by atoms with Crippen LogP contribution < -0.4 is 4.74 Å². The summed E-state index contributed by atoms with van der Waals surface area (Å²) in [7, 11) is 1.54. The molecule has 1 aromatic rings. The number of aliphatic carboxylic acids is 1. The largest absolute Gasteiger partial charge is 0.497 e. The molecule has 0 saturated carbocycles. The maximum Gasteiger partial charge on any atom is 0.323 e. The number of nitrogens with zero attached hydrogens (tertiary/aromatic N) is 1. The van der Waals surface area contributed by atoms with Crippen molar-refractivity contribution in [3.63, 3.8) is 0 Å². The first kappa shape index (κ1) is 18.7. The third kappa shape index (κ3) is 6.50. The number of benzene rings is 1. The van der Waals surface area contributed by atoms with Crippen molar-refractivity contribution >= 4 is 17.7 Å². The number of hydrogen-bond donors (Lipinski definition) is 1. The molecule has 0 radical (unpaired) electrons. The molecule has 1 rings (SSSR count). The highest BCUT2D eigenvalue weighted by Crippen LogP contribution is 2.14. The second-order valence-corrected chi connectivity index (χ2v) is 5.71. The minimum atomic E-state index is -1.06. The summed E-state index contributed by atoms with van der Waals surface area (Å²) in [5.41, 5.74) is 0.507. The monoisotopic (exact) mass is 321 g/mol. The van der Waals surface area contributed by atoms with Crippen molar-refractivity contribution in [2.24, 2.45) is 5.92 Å². The van der Waals surface area contributed by atoms with Gasteiger partial charge in [0.05, 0.1) is 7.11 Å². The molecule has 126 valence electrons. The fourth-order valence-electron chi connectivity index (χ4n) is 2.16. The maximum atomic E-state index is 12.1. The zero-order valence-electron chi connectivity index (χ0n) is 13.7. The summed E-state index contributed by atoms with van der Waals surface area (Å²) < 4.78 is 5.02. The van der Waals surface area contributed by atoms with Gasteiger partial charge in [-0.05, 0) is 30.2 Å². The Morgan fingerprint density at radius 2 is 1.74 bits per heavy atom. The number of carbonyl (C=O) groups is 3. The number of amides is 1. The smallest absolute Gasteiger partial charge is 0.323 e. The highest BCUT2D eigenvalue weighted by molar-refractivity contribution is 5.98. The van der Waals surface area contributed by atoms with Gasteiger partial charge in [-0.15, -0.1) is 0 Å². The molecule has 0 bridgehead atoms. The van der Waals surface area contributed by atoms with Gasteiger partial charge < -0.3 is 14.7 Å². The third-order valence-electron chi connectivity index (χ3n) is 3.24. The predicted molar refractivity (Wildman–Crippen MR) is 85.6 cm³/mol. The zero-order valence-corrected chi connectivity index (χ0v) is 13.7. The molecule has 6 nitrogen and oxygen atoms in total. The van der Waals surface area contributed by atoms with Crippen LogP contribution in [0, 0.1) is 5.92 Å². The fraction of sp³-hybridized carbons (Fsp3) is 0.471. The second kappa shape index (κ2) is 8.92. The van der Waals surface area contributed by atoms with Gasteiger partial charge in [-0.2, -0.15) is 0 Å². The van der Waals surface area contributed by atoms with Crippen LogP contribution in [-0.2, 0) is 9.59 Å². The molecule has 0 fully saturated rings. The van der Waals surface area contributed by atoms with E-state index in [1.807, 2.05) is 13.8 Å². The van der Waals surface area contributed by atoms with E-state index >= 15 is 0 Å². The highest BCUT2D eigenvalue weighted by atomic mass is 16.5. The van der Waals surface area contributed by atoms with Crippen LogP contribution in [0.15, 0.2) is 24.3 Å². The molecule has 1 N–H and O–H groups in total. The molecule has 0 aliphatic rings. The van der Waals surface area contributed by atoms with Crippen molar-refractivity contribution in [1.29, 1.82) is 0 Å². The average Bonchev–Trinajstić information content (AvgIpc) is 2.50. The Kier molecular flexibility index (Phi) is 7.25. The number of ether oxygens (including phenoxy) is 1. The van der Waals surface area contributed by atoms with Crippen LogP contribution in [0.25, 0.3) is 0 Å². The molecule has 6 heteroatoms. The van der Waals surface area contributed by atoms with Crippen LogP contribution >= 0.6 is 0 Å². The van der Waals surface area contributed by atoms with Crippen LogP contribution in [0.2, 0.25) is 0 Å². The summed E-state index contributed by atoms with van der Waals surface area (Å²) in [6.45, 7) is 3.84. The lowest BCUT2D eigenvalue weighted by atomic mass is 10.1. The molecular weight excluding hydrogens is 298 g/mol. The standard InChI is InChI=1S/C17H23NO5/c1-12(2)10-18(11-17(21)22)16(20)9-8-15(19)13-4-6-14(23-3)7-5-13/h4-7,12H,8-11H2,1-3H3,(H,21,22). The summed E-state index contributed by atoms with van der Waals surface area (Å²) in [6.07, 6.45) is 0.0598. The average molecular weight is 321 g/mol. The highest BCUT2D eigenvalue weighted by Gasteiger charge is 2.19. The Hall–Kier alpha value is -2.37. The third-order valence-corrected chi connectivity index (χ3v) is 3.24. The van der Waals surface area contributed by atoms with E-state index in [0.29, 0.717) is 17.9 Å².